The molecule has 2 atom stereocenters. The molecule has 0 aromatic rings. The van der Waals surface area contributed by atoms with E-state index < -0.39 is 0 Å². The van der Waals surface area contributed by atoms with Gasteiger partial charge in [-0.2, -0.15) is 0 Å². The summed E-state index contributed by atoms with van der Waals surface area (Å²) in [5, 5.41) is 9.15. The second-order valence-electron chi connectivity index (χ2n) is 3.52. The van der Waals surface area contributed by atoms with Crippen LogP contribution in [0.2, 0.25) is 0 Å². The quantitative estimate of drug-likeness (QED) is 0.641. The zero-order chi connectivity index (χ0) is 8.97. The van der Waals surface area contributed by atoms with Crippen molar-refractivity contribution >= 4 is 0 Å². The normalized spacial score (nSPS) is 30.6. The molecule has 0 amide bonds. The molecule has 2 unspecified atom stereocenters. The van der Waals surface area contributed by atoms with Gasteiger partial charge in [-0.05, 0) is 32.6 Å². The molecule has 1 saturated carbocycles. The molecule has 0 radical (unpaired) electrons. The Bertz CT molecular complexity index is 161. The summed E-state index contributed by atoms with van der Waals surface area (Å²) < 4.78 is 5.28. The molecule has 70 valence electrons. The van der Waals surface area contributed by atoms with E-state index in [-0.39, 0.29) is 6.10 Å². The first-order chi connectivity index (χ1) is 5.72. The predicted octanol–water partition coefficient (Wildman–Crippen LogP) is 1.88. The van der Waals surface area contributed by atoms with Crippen LogP contribution in [0.25, 0.3) is 0 Å². The highest BCUT2D eigenvalue weighted by Crippen LogP contribution is 2.25. The SMILES string of the molecule is COC1CCCC(=CC(C)O)C1. The summed E-state index contributed by atoms with van der Waals surface area (Å²) in [5.41, 5.74) is 1.35. The van der Waals surface area contributed by atoms with Gasteiger partial charge in [-0.25, -0.2) is 0 Å². The summed E-state index contributed by atoms with van der Waals surface area (Å²) in [4.78, 5) is 0. The lowest BCUT2D eigenvalue weighted by Crippen LogP contribution is -2.16. The van der Waals surface area contributed by atoms with Crippen LogP contribution in [0.1, 0.15) is 32.6 Å². The number of aliphatic hydroxyl groups is 1. The van der Waals surface area contributed by atoms with Gasteiger partial charge < -0.3 is 9.84 Å². The molecule has 2 heteroatoms. The van der Waals surface area contributed by atoms with E-state index in [1.54, 1.807) is 14.0 Å². The lowest BCUT2D eigenvalue weighted by molar-refractivity contribution is 0.0843. The van der Waals surface area contributed by atoms with Crippen LogP contribution >= 0.6 is 0 Å². The van der Waals surface area contributed by atoms with Gasteiger partial charge in [0, 0.05) is 7.11 Å². The topological polar surface area (TPSA) is 29.5 Å². The molecule has 1 N–H and O–H groups in total. The van der Waals surface area contributed by atoms with Crippen molar-refractivity contribution in [1.82, 2.24) is 0 Å². The van der Waals surface area contributed by atoms with Gasteiger partial charge >= 0.3 is 0 Å². The number of aliphatic hydroxyl groups excluding tert-OH is 1. The highest BCUT2D eigenvalue weighted by atomic mass is 16.5. The monoisotopic (exact) mass is 170 g/mol. The zero-order valence-electron chi connectivity index (χ0n) is 7.92. The number of rotatable bonds is 2. The van der Waals surface area contributed by atoms with Gasteiger partial charge in [-0.3, -0.25) is 0 Å². The maximum atomic E-state index is 9.15. The van der Waals surface area contributed by atoms with Crippen molar-refractivity contribution in [3.05, 3.63) is 11.6 Å². The van der Waals surface area contributed by atoms with Crippen LogP contribution in [0.15, 0.2) is 11.6 Å². The van der Waals surface area contributed by atoms with E-state index in [9.17, 15) is 0 Å². The maximum absolute atomic E-state index is 9.15. The number of hydrogen-bond acceptors (Lipinski definition) is 2. The van der Waals surface area contributed by atoms with Crippen molar-refractivity contribution in [1.29, 1.82) is 0 Å². The maximum Gasteiger partial charge on any atom is 0.0695 e. The van der Waals surface area contributed by atoms with Gasteiger partial charge in [0.2, 0.25) is 0 Å². The van der Waals surface area contributed by atoms with Gasteiger partial charge in [-0.15, -0.1) is 0 Å². The molecule has 1 rings (SSSR count). The molecular weight excluding hydrogens is 152 g/mol. The van der Waals surface area contributed by atoms with E-state index in [0.29, 0.717) is 6.10 Å². The fraction of sp³-hybridized carbons (Fsp3) is 0.800. The van der Waals surface area contributed by atoms with Crippen LogP contribution in [0.5, 0.6) is 0 Å². The second-order valence-corrected chi connectivity index (χ2v) is 3.52. The van der Waals surface area contributed by atoms with E-state index in [4.69, 9.17) is 9.84 Å². The average molecular weight is 170 g/mol. The Hall–Kier alpha value is -0.340. The lowest BCUT2D eigenvalue weighted by atomic mass is 9.91. The first-order valence-electron chi connectivity index (χ1n) is 4.63. The minimum absolute atomic E-state index is 0.310. The minimum atomic E-state index is -0.310. The predicted molar refractivity (Wildman–Crippen MR) is 49.0 cm³/mol. The molecule has 0 aromatic carbocycles. The largest absolute Gasteiger partial charge is 0.389 e. The Kier molecular flexibility index (Phi) is 3.76. The van der Waals surface area contributed by atoms with Crippen molar-refractivity contribution in [2.75, 3.05) is 7.11 Å². The molecule has 0 spiro atoms. The fourth-order valence-corrected chi connectivity index (χ4v) is 1.75. The molecule has 0 aromatic heterocycles. The van der Waals surface area contributed by atoms with Crippen molar-refractivity contribution in [2.45, 2.75) is 44.8 Å². The molecule has 0 saturated heterocycles. The Balaban J connectivity index is 2.45. The Morgan fingerprint density at radius 2 is 2.42 bits per heavy atom. The molecule has 0 heterocycles. The number of methoxy groups -OCH3 is 1. The molecule has 0 aliphatic heterocycles. The molecular formula is C10H18O2. The van der Waals surface area contributed by atoms with Crippen molar-refractivity contribution < 1.29 is 9.84 Å². The molecule has 12 heavy (non-hydrogen) atoms. The smallest absolute Gasteiger partial charge is 0.0695 e. The third kappa shape index (κ3) is 2.95. The summed E-state index contributed by atoms with van der Waals surface area (Å²) in [6.07, 6.45) is 6.50. The minimum Gasteiger partial charge on any atom is -0.389 e. The standard InChI is InChI=1S/C10H18O2/c1-8(11)6-9-4-3-5-10(7-9)12-2/h6,8,10-11H,3-5,7H2,1-2H3. The first kappa shape index (κ1) is 9.75. The Morgan fingerprint density at radius 1 is 1.67 bits per heavy atom. The Morgan fingerprint density at radius 3 is 3.00 bits per heavy atom. The van der Waals surface area contributed by atoms with Gasteiger partial charge in [0.25, 0.3) is 0 Å². The van der Waals surface area contributed by atoms with E-state index in [1.165, 1.54) is 12.0 Å². The van der Waals surface area contributed by atoms with Crippen LogP contribution in [-0.2, 0) is 4.74 Å². The molecule has 1 fully saturated rings. The summed E-state index contributed by atoms with van der Waals surface area (Å²) in [6, 6.07) is 0. The summed E-state index contributed by atoms with van der Waals surface area (Å²) >= 11 is 0. The van der Waals surface area contributed by atoms with E-state index in [2.05, 4.69) is 0 Å². The molecule has 1 aliphatic rings. The fourth-order valence-electron chi connectivity index (χ4n) is 1.75. The van der Waals surface area contributed by atoms with Crippen molar-refractivity contribution in [2.24, 2.45) is 0 Å². The molecule has 0 bridgehead atoms. The Labute approximate surface area is 74.2 Å². The lowest BCUT2D eigenvalue weighted by Gasteiger charge is -2.23. The van der Waals surface area contributed by atoms with E-state index in [1.807, 2.05) is 6.08 Å². The van der Waals surface area contributed by atoms with E-state index in [0.717, 1.165) is 19.3 Å². The average Bonchev–Trinajstić information content (AvgIpc) is 2.03. The zero-order valence-corrected chi connectivity index (χ0v) is 7.92. The van der Waals surface area contributed by atoms with Crippen molar-refractivity contribution in [3.63, 3.8) is 0 Å². The van der Waals surface area contributed by atoms with Crippen LogP contribution in [0.3, 0.4) is 0 Å². The molecule has 2 nitrogen and oxygen atoms in total. The number of ether oxygens (including phenoxy) is 1. The summed E-state index contributed by atoms with van der Waals surface area (Å²) in [6.45, 7) is 1.80. The first-order valence-corrected chi connectivity index (χ1v) is 4.63. The summed E-state index contributed by atoms with van der Waals surface area (Å²) in [7, 11) is 1.76. The summed E-state index contributed by atoms with van der Waals surface area (Å²) in [5.74, 6) is 0. The van der Waals surface area contributed by atoms with Gasteiger partial charge in [0.15, 0.2) is 0 Å². The second kappa shape index (κ2) is 4.63. The van der Waals surface area contributed by atoms with Crippen LogP contribution < -0.4 is 0 Å². The molecule has 1 aliphatic carbocycles. The highest BCUT2D eigenvalue weighted by Gasteiger charge is 2.16. The van der Waals surface area contributed by atoms with Crippen LogP contribution in [0, 0.1) is 0 Å². The van der Waals surface area contributed by atoms with Gasteiger partial charge in [0.05, 0.1) is 12.2 Å². The van der Waals surface area contributed by atoms with Crippen molar-refractivity contribution in [3.8, 4) is 0 Å². The third-order valence-electron chi connectivity index (χ3n) is 2.32. The highest BCUT2D eigenvalue weighted by molar-refractivity contribution is 5.08. The number of hydrogen-bond donors (Lipinski definition) is 1. The van der Waals surface area contributed by atoms with Gasteiger partial charge in [-0.1, -0.05) is 11.6 Å². The van der Waals surface area contributed by atoms with Gasteiger partial charge in [0.1, 0.15) is 0 Å². The van der Waals surface area contributed by atoms with E-state index >= 15 is 0 Å². The van der Waals surface area contributed by atoms with Crippen LogP contribution in [-0.4, -0.2) is 24.4 Å². The third-order valence-corrected chi connectivity index (χ3v) is 2.32. The van der Waals surface area contributed by atoms with Crippen LogP contribution in [0.4, 0.5) is 0 Å².